The van der Waals surface area contributed by atoms with E-state index in [9.17, 15) is 19.5 Å². The minimum atomic E-state index is -1.22. The predicted octanol–water partition coefficient (Wildman–Crippen LogP) is 3.69. The van der Waals surface area contributed by atoms with Crippen molar-refractivity contribution in [2.75, 3.05) is 13.2 Å². The maximum Gasteiger partial charge on any atom is 0.407 e. The van der Waals surface area contributed by atoms with Crippen LogP contribution in [-0.2, 0) is 19.1 Å². The lowest BCUT2D eigenvalue weighted by Crippen LogP contribution is -2.54. The van der Waals surface area contributed by atoms with Crippen molar-refractivity contribution in [1.29, 1.82) is 0 Å². The second kappa shape index (κ2) is 10.1. The van der Waals surface area contributed by atoms with Crippen LogP contribution in [0.4, 0.5) is 4.79 Å². The Bertz CT molecular complexity index is 1060. The van der Waals surface area contributed by atoms with Gasteiger partial charge in [-0.05, 0) is 61.8 Å². The predicted molar refractivity (Wildman–Crippen MR) is 130 cm³/mol. The molecule has 8 nitrogen and oxygen atoms in total. The third-order valence-electron chi connectivity index (χ3n) is 6.29. The van der Waals surface area contributed by atoms with Gasteiger partial charge in [-0.2, -0.15) is 0 Å². The Morgan fingerprint density at radius 2 is 1.54 bits per heavy atom. The number of carboxylic acids is 1. The van der Waals surface area contributed by atoms with Crippen molar-refractivity contribution < 1.29 is 29.0 Å². The number of fused-ring (bicyclic) bond motifs is 3. The Labute approximate surface area is 205 Å². The van der Waals surface area contributed by atoms with Gasteiger partial charge in [0.1, 0.15) is 12.6 Å². The summed E-state index contributed by atoms with van der Waals surface area (Å²) in [5.74, 6) is -1.88. The van der Waals surface area contributed by atoms with E-state index < -0.39 is 35.7 Å². The van der Waals surface area contributed by atoms with Crippen LogP contribution in [0.25, 0.3) is 11.1 Å². The molecular formula is C27H32N2O6. The molecule has 4 rings (SSSR count). The third-order valence-corrected chi connectivity index (χ3v) is 6.29. The van der Waals surface area contributed by atoms with Gasteiger partial charge in [0.2, 0.25) is 5.91 Å². The fourth-order valence-corrected chi connectivity index (χ4v) is 4.36. The molecule has 0 spiro atoms. The quantitative estimate of drug-likeness (QED) is 0.504. The van der Waals surface area contributed by atoms with Crippen molar-refractivity contribution in [3.05, 3.63) is 59.7 Å². The molecule has 1 saturated carbocycles. The van der Waals surface area contributed by atoms with E-state index in [0.29, 0.717) is 0 Å². The van der Waals surface area contributed by atoms with Crippen LogP contribution in [-0.4, -0.2) is 54.0 Å². The number of alkyl carbamates (subject to hydrolysis) is 1. The van der Waals surface area contributed by atoms with Crippen molar-refractivity contribution in [2.45, 2.75) is 57.2 Å². The van der Waals surface area contributed by atoms with E-state index in [2.05, 4.69) is 22.8 Å². The molecule has 1 fully saturated rings. The minimum absolute atomic E-state index is 0.0477. The van der Waals surface area contributed by atoms with E-state index in [4.69, 9.17) is 9.47 Å². The number of carbonyl (C=O) groups excluding carboxylic acids is 2. The Balaban J connectivity index is 1.37. The lowest BCUT2D eigenvalue weighted by atomic mass is 9.98. The SMILES string of the molecule is CC(C)(C)OC[C@H](NC(=O)C(NC(=O)OCC1c2ccccc2-c2ccccc21)C1CC1)C(=O)O. The van der Waals surface area contributed by atoms with Gasteiger partial charge in [-0.3, -0.25) is 4.79 Å². The van der Waals surface area contributed by atoms with Crippen molar-refractivity contribution in [3.8, 4) is 11.1 Å². The van der Waals surface area contributed by atoms with Crippen LogP contribution in [0.3, 0.4) is 0 Å². The number of aliphatic carboxylic acids is 1. The molecular weight excluding hydrogens is 448 g/mol. The number of hydrogen-bond donors (Lipinski definition) is 3. The van der Waals surface area contributed by atoms with Crippen LogP contribution in [0.1, 0.15) is 50.7 Å². The van der Waals surface area contributed by atoms with Gasteiger partial charge in [0.05, 0.1) is 12.2 Å². The summed E-state index contributed by atoms with van der Waals surface area (Å²) in [5, 5.41) is 14.7. The standard InChI is InChI=1S/C27H32N2O6/c1-27(2,3)35-15-22(25(31)32)28-24(30)23(16-12-13-16)29-26(33)34-14-21-19-10-6-4-8-17(19)18-9-5-7-11-20(18)21/h4-11,16,21-23H,12-15H2,1-3H3,(H,28,30)(H,29,33)(H,31,32)/t22-,23?/m0/s1. The van der Waals surface area contributed by atoms with Gasteiger partial charge in [-0.1, -0.05) is 48.5 Å². The number of nitrogens with one attached hydrogen (secondary N) is 2. The normalized spacial score (nSPS) is 16.5. The molecule has 8 heteroatoms. The molecule has 186 valence electrons. The summed E-state index contributed by atoms with van der Waals surface area (Å²) >= 11 is 0. The zero-order chi connectivity index (χ0) is 25.2. The topological polar surface area (TPSA) is 114 Å². The number of rotatable bonds is 9. The smallest absolute Gasteiger partial charge is 0.407 e. The molecule has 1 unspecified atom stereocenters. The number of hydrogen-bond acceptors (Lipinski definition) is 5. The molecule has 2 aliphatic carbocycles. The number of ether oxygens (including phenoxy) is 2. The summed E-state index contributed by atoms with van der Waals surface area (Å²) in [4.78, 5) is 37.2. The summed E-state index contributed by atoms with van der Waals surface area (Å²) < 4.78 is 11.1. The largest absolute Gasteiger partial charge is 0.480 e. The summed E-state index contributed by atoms with van der Waals surface area (Å²) in [6.07, 6.45) is 0.854. The van der Waals surface area contributed by atoms with Gasteiger partial charge in [0.15, 0.2) is 6.04 Å². The molecule has 2 aliphatic rings. The second-order valence-electron chi connectivity index (χ2n) is 10.1. The highest BCUT2D eigenvalue weighted by atomic mass is 16.5. The summed E-state index contributed by atoms with van der Waals surface area (Å²) in [7, 11) is 0. The molecule has 35 heavy (non-hydrogen) atoms. The van der Waals surface area contributed by atoms with Gasteiger partial charge in [0, 0.05) is 5.92 Å². The van der Waals surface area contributed by atoms with E-state index in [-0.39, 0.29) is 25.0 Å². The van der Waals surface area contributed by atoms with Crippen LogP contribution in [0.5, 0.6) is 0 Å². The molecule has 3 N–H and O–H groups in total. The van der Waals surface area contributed by atoms with Crippen LogP contribution >= 0.6 is 0 Å². The first-order valence-corrected chi connectivity index (χ1v) is 11.9. The van der Waals surface area contributed by atoms with Crippen LogP contribution in [0.15, 0.2) is 48.5 Å². The molecule has 2 aromatic rings. The summed E-state index contributed by atoms with van der Waals surface area (Å²) in [6.45, 7) is 5.38. The highest BCUT2D eigenvalue weighted by Gasteiger charge is 2.39. The number of carbonyl (C=O) groups is 3. The van der Waals surface area contributed by atoms with E-state index in [0.717, 1.165) is 35.1 Å². The van der Waals surface area contributed by atoms with Gasteiger partial charge < -0.3 is 25.2 Å². The second-order valence-corrected chi connectivity index (χ2v) is 10.1. The van der Waals surface area contributed by atoms with Crippen molar-refractivity contribution in [3.63, 3.8) is 0 Å². The first-order valence-electron chi connectivity index (χ1n) is 11.9. The average molecular weight is 481 g/mol. The van der Waals surface area contributed by atoms with E-state index >= 15 is 0 Å². The fraction of sp³-hybridized carbons (Fsp3) is 0.444. The van der Waals surface area contributed by atoms with Crippen LogP contribution < -0.4 is 10.6 Å². The molecule has 2 atom stereocenters. The molecule has 0 saturated heterocycles. The first-order chi connectivity index (χ1) is 16.6. The Hall–Kier alpha value is -3.39. The summed E-state index contributed by atoms with van der Waals surface area (Å²) in [6, 6.07) is 14.0. The van der Waals surface area contributed by atoms with Crippen LogP contribution in [0, 0.1) is 5.92 Å². The Kier molecular flexibility index (Phi) is 7.12. The van der Waals surface area contributed by atoms with Gasteiger partial charge >= 0.3 is 12.1 Å². The Morgan fingerprint density at radius 1 is 0.971 bits per heavy atom. The van der Waals surface area contributed by atoms with Gasteiger partial charge in [0.25, 0.3) is 0 Å². The molecule has 0 aliphatic heterocycles. The number of carboxylic acid groups (broad SMARTS) is 1. The minimum Gasteiger partial charge on any atom is -0.480 e. The molecule has 0 bridgehead atoms. The highest BCUT2D eigenvalue weighted by Crippen LogP contribution is 2.44. The van der Waals surface area contributed by atoms with Crippen molar-refractivity contribution >= 4 is 18.0 Å². The van der Waals surface area contributed by atoms with Crippen molar-refractivity contribution in [2.24, 2.45) is 5.92 Å². The zero-order valence-corrected chi connectivity index (χ0v) is 20.2. The van der Waals surface area contributed by atoms with E-state index in [1.54, 1.807) is 20.8 Å². The maximum atomic E-state index is 12.9. The highest BCUT2D eigenvalue weighted by molar-refractivity contribution is 5.90. The molecule has 0 heterocycles. The summed E-state index contributed by atoms with van der Waals surface area (Å²) in [5.41, 5.74) is 3.91. The Morgan fingerprint density at radius 3 is 2.06 bits per heavy atom. The number of benzene rings is 2. The fourth-order valence-electron chi connectivity index (χ4n) is 4.36. The first kappa shape index (κ1) is 24.7. The van der Waals surface area contributed by atoms with Gasteiger partial charge in [-0.15, -0.1) is 0 Å². The van der Waals surface area contributed by atoms with E-state index in [1.807, 2.05) is 36.4 Å². The molecule has 2 amide bonds. The monoisotopic (exact) mass is 480 g/mol. The third kappa shape index (κ3) is 6.00. The average Bonchev–Trinajstić information content (AvgIpc) is 3.60. The van der Waals surface area contributed by atoms with Gasteiger partial charge in [-0.25, -0.2) is 9.59 Å². The molecule has 0 radical (unpaired) electrons. The lowest BCUT2D eigenvalue weighted by Gasteiger charge is -2.25. The molecule has 0 aromatic heterocycles. The maximum absolute atomic E-state index is 12.9. The molecule has 2 aromatic carbocycles. The van der Waals surface area contributed by atoms with Crippen molar-refractivity contribution in [1.82, 2.24) is 10.6 Å². The zero-order valence-electron chi connectivity index (χ0n) is 20.2. The number of amides is 2. The lowest BCUT2D eigenvalue weighted by molar-refractivity contribution is -0.145. The van der Waals surface area contributed by atoms with Crippen LogP contribution in [0.2, 0.25) is 0 Å². The van der Waals surface area contributed by atoms with E-state index in [1.165, 1.54) is 0 Å².